The summed E-state index contributed by atoms with van der Waals surface area (Å²) in [5, 5.41) is 2.70. The van der Waals surface area contributed by atoms with Crippen LogP contribution < -0.4 is 11.1 Å². The number of primary amides is 1. The van der Waals surface area contributed by atoms with Crippen LogP contribution in [0.15, 0.2) is 53.0 Å². The minimum absolute atomic E-state index is 0.321. The molecule has 0 fully saturated rings. The van der Waals surface area contributed by atoms with E-state index >= 15 is 0 Å². The van der Waals surface area contributed by atoms with Gasteiger partial charge in [-0.05, 0) is 36.2 Å². The molecule has 114 valence electrons. The van der Waals surface area contributed by atoms with Crippen LogP contribution in [0.1, 0.15) is 21.5 Å². The Morgan fingerprint density at radius 2 is 1.91 bits per heavy atom. The Morgan fingerprint density at radius 1 is 1.18 bits per heavy atom. The molecular formula is C17H17BrN2O2. The van der Waals surface area contributed by atoms with Gasteiger partial charge in [-0.25, -0.2) is 0 Å². The Hall–Kier alpha value is -2.14. The Balaban J connectivity index is 2.14. The second kappa shape index (κ2) is 7.22. The van der Waals surface area contributed by atoms with Gasteiger partial charge in [-0.15, -0.1) is 0 Å². The number of aryl methyl sites for hydroxylation is 1. The molecule has 0 radical (unpaired) electrons. The molecule has 3 N–H and O–H groups in total. The van der Waals surface area contributed by atoms with Crippen molar-refractivity contribution in [2.75, 3.05) is 0 Å². The van der Waals surface area contributed by atoms with E-state index in [0.717, 1.165) is 15.6 Å². The van der Waals surface area contributed by atoms with Gasteiger partial charge < -0.3 is 11.1 Å². The first kappa shape index (κ1) is 16.2. The number of carbonyl (C=O) groups is 2. The zero-order chi connectivity index (χ0) is 16.1. The highest BCUT2D eigenvalue weighted by molar-refractivity contribution is 9.10. The fourth-order valence-electron chi connectivity index (χ4n) is 2.15. The lowest BCUT2D eigenvalue weighted by Gasteiger charge is -2.17. The highest BCUT2D eigenvalue weighted by atomic mass is 79.9. The summed E-state index contributed by atoms with van der Waals surface area (Å²) in [6, 6.07) is 13.9. The first-order valence-electron chi connectivity index (χ1n) is 6.87. The molecule has 0 spiro atoms. The number of carbonyl (C=O) groups excluding carboxylic acids is 2. The fourth-order valence-corrected chi connectivity index (χ4v) is 2.55. The van der Waals surface area contributed by atoms with Crippen molar-refractivity contribution >= 4 is 27.7 Å². The zero-order valence-electron chi connectivity index (χ0n) is 12.2. The summed E-state index contributed by atoms with van der Waals surface area (Å²) in [7, 11) is 0. The normalized spacial score (nSPS) is 11.7. The van der Waals surface area contributed by atoms with Gasteiger partial charge in [0.05, 0.1) is 0 Å². The molecule has 0 unspecified atom stereocenters. The summed E-state index contributed by atoms with van der Waals surface area (Å²) >= 11 is 3.32. The molecule has 0 aliphatic heterocycles. The van der Waals surface area contributed by atoms with E-state index in [1.54, 1.807) is 18.2 Å². The van der Waals surface area contributed by atoms with Gasteiger partial charge in [-0.1, -0.05) is 46.3 Å². The van der Waals surface area contributed by atoms with E-state index in [1.807, 2.05) is 37.3 Å². The molecule has 2 aromatic rings. The van der Waals surface area contributed by atoms with Crippen molar-refractivity contribution in [3.05, 3.63) is 69.7 Å². The second-order valence-corrected chi connectivity index (χ2v) is 5.99. The van der Waals surface area contributed by atoms with E-state index in [0.29, 0.717) is 12.0 Å². The highest BCUT2D eigenvalue weighted by Gasteiger charge is 2.20. The number of nitrogens with two attached hydrogens (primary N) is 1. The van der Waals surface area contributed by atoms with Gasteiger partial charge in [0.15, 0.2) is 0 Å². The molecule has 4 nitrogen and oxygen atoms in total. The Morgan fingerprint density at radius 3 is 2.55 bits per heavy atom. The Bertz CT molecular complexity index is 701. The zero-order valence-corrected chi connectivity index (χ0v) is 13.8. The van der Waals surface area contributed by atoms with E-state index in [2.05, 4.69) is 21.2 Å². The summed E-state index contributed by atoms with van der Waals surface area (Å²) < 4.78 is 0.801. The minimum atomic E-state index is -0.743. The molecule has 2 amide bonds. The number of rotatable bonds is 5. The number of amides is 2. The molecule has 2 aromatic carbocycles. The second-order valence-electron chi connectivity index (χ2n) is 5.07. The summed E-state index contributed by atoms with van der Waals surface area (Å²) in [6.07, 6.45) is 0.377. The summed E-state index contributed by atoms with van der Waals surface area (Å²) in [5.74, 6) is -0.870. The van der Waals surface area contributed by atoms with Gasteiger partial charge in [0.2, 0.25) is 5.91 Å². The van der Waals surface area contributed by atoms with Crippen molar-refractivity contribution in [2.24, 2.45) is 5.73 Å². The number of benzene rings is 2. The van der Waals surface area contributed by atoms with Crippen molar-refractivity contribution in [1.82, 2.24) is 5.32 Å². The standard InChI is InChI=1S/C17H17BrN2O2/c1-11-5-2-3-6-12(11)10-15(16(19)21)20-17(22)13-7-4-8-14(18)9-13/h2-9,15H,10H2,1H3,(H2,19,21)(H,20,22)/t15-/m1/s1. The van der Waals surface area contributed by atoms with Crippen molar-refractivity contribution in [2.45, 2.75) is 19.4 Å². The summed E-state index contributed by atoms with van der Waals surface area (Å²) in [6.45, 7) is 1.96. The maximum atomic E-state index is 12.2. The van der Waals surface area contributed by atoms with Crippen LogP contribution in [0.3, 0.4) is 0 Å². The molecule has 0 bridgehead atoms. The third kappa shape index (κ3) is 4.18. The molecule has 0 aliphatic carbocycles. The van der Waals surface area contributed by atoms with Gasteiger partial charge in [0.25, 0.3) is 5.91 Å². The number of hydrogen-bond acceptors (Lipinski definition) is 2. The van der Waals surface area contributed by atoms with E-state index in [4.69, 9.17) is 5.73 Å². The lowest BCUT2D eigenvalue weighted by Crippen LogP contribution is -2.46. The Labute approximate surface area is 137 Å². The smallest absolute Gasteiger partial charge is 0.251 e. The van der Waals surface area contributed by atoms with Crippen LogP contribution in [0.5, 0.6) is 0 Å². The van der Waals surface area contributed by atoms with Crippen LogP contribution in [0, 0.1) is 6.92 Å². The van der Waals surface area contributed by atoms with E-state index in [1.165, 1.54) is 0 Å². The van der Waals surface area contributed by atoms with E-state index in [-0.39, 0.29) is 5.91 Å². The van der Waals surface area contributed by atoms with Gasteiger partial charge in [-0.2, -0.15) is 0 Å². The maximum Gasteiger partial charge on any atom is 0.251 e. The van der Waals surface area contributed by atoms with Gasteiger partial charge in [0, 0.05) is 16.5 Å². The summed E-state index contributed by atoms with van der Waals surface area (Å²) in [4.78, 5) is 23.9. The first-order chi connectivity index (χ1) is 10.5. The number of halogens is 1. The largest absolute Gasteiger partial charge is 0.368 e. The molecule has 0 aromatic heterocycles. The third-order valence-electron chi connectivity index (χ3n) is 3.42. The number of hydrogen-bond donors (Lipinski definition) is 2. The van der Waals surface area contributed by atoms with Crippen LogP contribution >= 0.6 is 15.9 Å². The average Bonchev–Trinajstić information content (AvgIpc) is 2.48. The summed E-state index contributed by atoms with van der Waals surface area (Å²) in [5.41, 5.74) is 7.95. The van der Waals surface area contributed by atoms with Crippen LogP contribution in [0.2, 0.25) is 0 Å². The van der Waals surface area contributed by atoms with Crippen molar-refractivity contribution in [1.29, 1.82) is 0 Å². The lowest BCUT2D eigenvalue weighted by molar-refractivity contribution is -0.119. The monoisotopic (exact) mass is 360 g/mol. The van der Waals surface area contributed by atoms with E-state index in [9.17, 15) is 9.59 Å². The van der Waals surface area contributed by atoms with Crippen molar-refractivity contribution in [3.8, 4) is 0 Å². The molecule has 2 rings (SSSR count). The van der Waals surface area contributed by atoms with Gasteiger partial charge in [-0.3, -0.25) is 9.59 Å². The molecule has 5 heteroatoms. The van der Waals surface area contributed by atoms with Crippen LogP contribution in [0.4, 0.5) is 0 Å². The molecule has 22 heavy (non-hydrogen) atoms. The van der Waals surface area contributed by atoms with Crippen LogP contribution in [-0.2, 0) is 11.2 Å². The van der Waals surface area contributed by atoms with Gasteiger partial charge in [0.1, 0.15) is 6.04 Å². The first-order valence-corrected chi connectivity index (χ1v) is 7.67. The average molecular weight is 361 g/mol. The lowest BCUT2D eigenvalue weighted by atomic mass is 10.0. The SMILES string of the molecule is Cc1ccccc1C[C@@H](NC(=O)c1cccc(Br)c1)C(N)=O. The quantitative estimate of drug-likeness (QED) is 0.859. The van der Waals surface area contributed by atoms with E-state index < -0.39 is 11.9 Å². The minimum Gasteiger partial charge on any atom is -0.368 e. The van der Waals surface area contributed by atoms with Crippen molar-refractivity contribution < 1.29 is 9.59 Å². The van der Waals surface area contributed by atoms with Crippen LogP contribution in [0.25, 0.3) is 0 Å². The molecule has 0 saturated carbocycles. The Kier molecular flexibility index (Phi) is 5.33. The maximum absolute atomic E-state index is 12.2. The molecule has 0 aliphatic rings. The van der Waals surface area contributed by atoms with Crippen LogP contribution in [-0.4, -0.2) is 17.9 Å². The molecule has 1 atom stereocenters. The molecule has 0 saturated heterocycles. The predicted octanol–water partition coefficient (Wildman–Crippen LogP) is 2.58. The third-order valence-corrected chi connectivity index (χ3v) is 3.91. The molecule has 0 heterocycles. The van der Waals surface area contributed by atoms with Gasteiger partial charge >= 0.3 is 0 Å². The predicted molar refractivity (Wildman–Crippen MR) is 89.5 cm³/mol. The number of nitrogens with one attached hydrogen (secondary N) is 1. The molecular weight excluding hydrogens is 344 g/mol. The fraction of sp³-hybridized carbons (Fsp3) is 0.176. The highest BCUT2D eigenvalue weighted by Crippen LogP contribution is 2.13. The van der Waals surface area contributed by atoms with Crippen molar-refractivity contribution in [3.63, 3.8) is 0 Å². The topological polar surface area (TPSA) is 72.2 Å².